The molecular formula is C32H22Cl3IN2O6. The van der Waals surface area contributed by atoms with Crippen molar-refractivity contribution in [3.63, 3.8) is 0 Å². The molecule has 4 aromatic carbocycles. The molecule has 224 valence electrons. The third-order valence-corrected chi connectivity index (χ3v) is 8.24. The van der Waals surface area contributed by atoms with E-state index in [9.17, 15) is 14.4 Å². The van der Waals surface area contributed by atoms with Crippen molar-refractivity contribution in [3.05, 3.63) is 120 Å². The second-order valence-electron chi connectivity index (χ2n) is 9.44. The predicted molar refractivity (Wildman–Crippen MR) is 178 cm³/mol. The molecule has 0 atom stereocenters. The van der Waals surface area contributed by atoms with Crippen LogP contribution in [0.4, 0.5) is 10.5 Å². The van der Waals surface area contributed by atoms with E-state index in [2.05, 4.69) is 27.9 Å². The Bertz CT molecular complexity index is 1780. The van der Waals surface area contributed by atoms with Gasteiger partial charge in [-0.15, -0.1) is 0 Å². The number of anilines is 1. The highest BCUT2D eigenvalue weighted by molar-refractivity contribution is 14.1. The Kier molecular flexibility index (Phi) is 10.00. The predicted octanol–water partition coefficient (Wildman–Crippen LogP) is 8.08. The highest BCUT2D eigenvalue weighted by Crippen LogP contribution is 2.36. The SMILES string of the molecule is COc1cc(/C=C2\C(=O)NC(=O)N(c3ccc(OCc4ccc(Cl)cc4)cc3)C2=O)cc(I)c1OCc1ccc(Cl)c(Cl)c1. The van der Waals surface area contributed by atoms with Gasteiger partial charge in [0.1, 0.15) is 24.5 Å². The molecule has 1 fully saturated rings. The Morgan fingerprint density at radius 2 is 1.50 bits per heavy atom. The molecule has 0 spiro atoms. The Hall–Kier alpha value is -3.77. The van der Waals surface area contributed by atoms with E-state index in [0.29, 0.717) is 48.1 Å². The van der Waals surface area contributed by atoms with Crippen molar-refractivity contribution in [2.45, 2.75) is 13.2 Å². The van der Waals surface area contributed by atoms with Crippen LogP contribution in [-0.4, -0.2) is 25.0 Å². The average molecular weight is 764 g/mol. The minimum Gasteiger partial charge on any atom is -0.493 e. The maximum Gasteiger partial charge on any atom is 0.335 e. The quantitative estimate of drug-likeness (QED) is 0.105. The maximum atomic E-state index is 13.4. The fraction of sp³-hybridized carbons (Fsp3) is 0.0938. The van der Waals surface area contributed by atoms with Gasteiger partial charge < -0.3 is 14.2 Å². The van der Waals surface area contributed by atoms with Gasteiger partial charge in [-0.2, -0.15) is 0 Å². The molecule has 1 aliphatic heterocycles. The smallest absolute Gasteiger partial charge is 0.335 e. The zero-order chi connectivity index (χ0) is 31.4. The van der Waals surface area contributed by atoms with Gasteiger partial charge in [-0.05, 0) is 106 Å². The number of barbiturate groups is 1. The first kappa shape index (κ1) is 31.6. The van der Waals surface area contributed by atoms with Crippen LogP contribution >= 0.6 is 57.4 Å². The molecule has 1 saturated heterocycles. The summed E-state index contributed by atoms with van der Waals surface area (Å²) in [5.41, 5.74) is 2.26. The monoisotopic (exact) mass is 762 g/mol. The van der Waals surface area contributed by atoms with E-state index in [1.165, 1.54) is 13.2 Å². The van der Waals surface area contributed by atoms with Crippen LogP contribution in [0.2, 0.25) is 15.1 Å². The van der Waals surface area contributed by atoms with Crippen molar-refractivity contribution >= 4 is 87.0 Å². The van der Waals surface area contributed by atoms with Gasteiger partial charge in [-0.1, -0.05) is 53.0 Å². The van der Waals surface area contributed by atoms with E-state index < -0.39 is 17.8 Å². The third kappa shape index (κ3) is 7.29. The van der Waals surface area contributed by atoms with E-state index in [1.54, 1.807) is 66.7 Å². The molecule has 12 heteroatoms. The molecule has 0 radical (unpaired) electrons. The molecule has 0 aliphatic carbocycles. The van der Waals surface area contributed by atoms with Crippen molar-refractivity contribution in [1.29, 1.82) is 0 Å². The number of carbonyl (C=O) groups excluding carboxylic acids is 3. The molecule has 0 saturated carbocycles. The van der Waals surface area contributed by atoms with Crippen molar-refractivity contribution in [2.75, 3.05) is 12.0 Å². The molecule has 8 nitrogen and oxygen atoms in total. The number of amides is 4. The summed E-state index contributed by atoms with van der Waals surface area (Å²) in [6.45, 7) is 0.509. The van der Waals surface area contributed by atoms with E-state index in [-0.39, 0.29) is 17.9 Å². The molecule has 1 N–H and O–H groups in total. The number of methoxy groups -OCH3 is 1. The van der Waals surface area contributed by atoms with Crippen molar-refractivity contribution in [2.24, 2.45) is 0 Å². The minimum absolute atomic E-state index is 0.201. The van der Waals surface area contributed by atoms with E-state index in [0.717, 1.165) is 16.0 Å². The summed E-state index contributed by atoms with van der Waals surface area (Å²) < 4.78 is 18.0. The highest BCUT2D eigenvalue weighted by Gasteiger charge is 2.37. The van der Waals surface area contributed by atoms with Gasteiger partial charge in [0.15, 0.2) is 11.5 Å². The van der Waals surface area contributed by atoms with Crippen LogP contribution in [0.15, 0.2) is 84.4 Å². The molecular weight excluding hydrogens is 742 g/mol. The van der Waals surface area contributed by atoms with Crippen LogP contribution in [0.1, 0.15) is 16.7 Å². The normalized spacial score (nSPS) is 14.1. The number of nitrogens with zero attached hydrogens (tertiary/aromatic N) is 1. The number of nitrogens with one attached hydrogen (secondary N) is 1. The minimum atomic E-state index is -0.856. The molecule has 0 bridgehead atoms. The number of halogens is 4. The van der Waals surface area contributed by atoms with Crippen LogP contribution in [0.3, 0.4) is 0 Å². The van der Waals surface area contributed by atoms with E-state index in [4.69, 9.17) is 49.0 Å². The van der Waals surface area contributed by atoms with Gasteiger partial charge in [0.25, 0.3) is 11.8 Å². The van der Waals surface area contributed by atoms with Crippen LogP contribution in [0.5, 0.6) is 17.2 Å². The summed E-state index contributed by atoms with van der Waals surface area (Å²) in [7, 11) is 1.48. The summed E-state index contributed by atoms with van der Waals surface area (Å²) in [5, 5.41) is 3.72. The lowest BCUT2D eigenvalue weighted by Gasteiger charge is -2.26. The number of benzene rings is 4. The van der Waals surface area contributed by atoms with Crippen LogP contribution in [-0.2, 0) is 22.8 Å². The van der Waals surface area contributed by atoms with E-state index >= 15 is 0 Å². The lowest BCUT2D eigenvalue weighted by atomic mass is 10.1. The Morgan fingerprint density at radius 1 is 0.818 bits per heavy atom. The van der Waals surface area contributed by atoms with Crippen LogP contribution in [0.25, 0.3) is 6.08 Å². The van der Waals surface area contributed by atoms with Crippen molar-refractivity contribution in [1.82, 2.24) is 5.32 Å². The lowest BCUT2D eigenvalue weighted by Crippen LogP contribution is -2.54. The molecule has 4 amide bonds. The number of ether oxygens (including phenoxy) is 3. The second kappa shape index (κ2) is 13.9. The lowest BCUT2D eigenvalue weighted by molar-refractivity contribution is -0.122. The number of imide groups is 2. The van der Waals surface area contributed by atoms with Gasteiger partial charge >= 0.3 is 6.03 Å². The first-order valence-electron chi connectivity index (χ1n) is 13.0. The summed E-state index contributed by atoms with van der Waals surface area (Å²) >= 11 is 20.1. The number of urea groups is 1. The van der Waals surface area contributed by atoms with Crippen molar-refractivity contribution < 1.29 is 28.6 Å². The summed E-state index contributed by atoms with van der Waals surface area (Å²) in [6.07, 6.45) is 1.40. The Labute approximate surface area is 281 Å². The van der Waals surface area contributed by atoms with Gasteiger partial charge in [0, 0.05) is 5.02 Å². The number of rotatable bonds is 9. The first-order valence-corrected chi connectivity index (χ1v) is 15.2. The fourth-order valence-electron chi connectivity index (χ4n) is 4.25. The summed E-state index contributed by atoms with van der Waals surface area (Å²) in [4.78, 5) is 39.8. The molecule has 0 unspecified atom stereocenters. The molecule has 1 heterocycles. The average Bonchev–Trinajstić information content (AvgIpc) is 3.00. The fourth-order valence-corrected chi connectivity index (χ4v) is 5.47. The third-order valence-electron chi connectivity index (χ3n) is 6.45. The molecule has 44 heavy (non-hydrogen) atoms. The van der Waals surface area contributed by atoms with Gasteiger partial charge in [-0.3, -0.25) is 14.9 Å². The zero-order valence-electron chi connectivity index (χ0n) is 22.9. The second-order valence-corrected chi connectivity index (χ2v) is 11.9. The van der Waals surface area contributed by atoms with Gasteiger partial charge in [-0.25, -0.2) is 9.69 Å². The van der Waals surface area contributed by atoms with Crippen LogP contribution in [0, 0.1) is 3.57 Å². The molecule has 0 aromatic heterocycles. The van der Waals surface area contributed by atoms with Gasteiger partial charge in [0.2, 0.25) is 0 Å². The molecule has 1 aliphatic rings. The highest BCUT2D eigenvalue weighted by atomic mass is 127. The molecule has 4 aromatic rings. The summed E-state index contributed by atoms with van der Waals surface area (Å²) in [6, 6.07) is 21.4. The first-order chi connectivity index (χ1) is 21.1. The Balaban J connectivity index is 1.33. The number of hydrogen-bond donors (Lipinski definition) is 1. The number of hydrogen-bond acceptors (Lipinski definition) is 6. The zero-order valence-corrected chi connectivity index (χ0v) is 27.3. The number of carbonyl (C=O) groups is 3. The largest absolute Gasteiger partial charge is 0.493 e. The maximum absolute atomic E-state index is 13.4. The standard InChI is InChI=1S/C32H22Cl3IN2O6/c1-42-28-15-20(14-27(36)29(28)44-17-19-4-11-25(34)26(35)13-19)12-24-30(39)37-32(41)38(31(24)40)22-7-9-23(10-8-22)43-16-18-2-5-21(33)6-3-18/h2-15H,16-17H2,1H3,(H,37,39,41)/b24-12+. The van der Waals surface area contributed by atoms with Crippen molar-refractivity contribution in [3.8, 4) is 17.2 Å². The summed E-state index contributed by atoms with van der Waals surface area (Å²) in [5.74, 6) is -0.204. The molecule has 5 rings (SSSR count). The Morgan fingerprint density at radius 3 is 2.18 bits per heavy atom. The van der Waals surface area contributed by atoms with E-state index in [1.807, 2.05) is 12.1 Å². The van der Waals surface area contributed by atoms with Crippen LogP contribution < -0.4 is 24.4 Å². The van der Waals surface area contributed by atoms with Gasteiger partial charge in [0.05, 0.1) is 26.4 Å². The topological polar surface area (TPSA) is 94.2 Å².